The van der Waals surface area contributed by atoms with Gasteiger partial charge in [0.15, 0.2) is 5.16 Å². The molecule has 3 aromatic heterocycles. The van der Waals surface area contributed by atoms with Crippen LogP contribution in [0.2, 0.25) is 0 Å². The van der Waals surface area contributed by atoms with Gasteiger partial charge in [0.2, 0.25) is 5.89 Å². The number of rotatable bonds is 7. The molecule has 0 aliphatic heterocycles. The highest BCUT2D eigenvalue weighted by molar-refractivity contribution is 7.98. The molecule has 3 heterocycles. The lowest BCUT2D eigenvalue weighted by Gasteiger charge is -2.05. The van der Waals surface area contributed by atoms with Crippen LogP contribution in [-0.4, -0.2) is 30.1 Å². The molecule has 0 spiro atoms. The van der Waals surface area contributed by atoms with E-state index < -0.39 is 0 Å². The summed E-state index contributed by atoms with van der Waals surface area (Å²) in [5, 5.41) is 22.2. The van der Waals surface area contributed by atoms with Crippen LogP contribution in [0.5, 0.6) is 0 Å². The summed E-state index contributed by atoms with van der Waals surface area (Å²) in [6, 6.07) is 9.82. The summed E-state index contributed by atoms with van der Waals surface area (Å²) in [7, 11) is 0. The smallest absolute Gasteiger partial charge is 0.253 e. The average molecular weight is 408 g/mol. The van der Waals surface area contributed by atoms with Crippen molar-refractivity contribution in [2.24, 2.45) is 0 Å². The molecule has 4 aromatic rings. The number of hydrogen-bond acceptors (Lipinski definition) is 8. The molecular weight excluding hydrogens is 388 g/mol. The van der Waals surface area contributed by atoms with Gasteiger partial charge in [-0.15, -0.1) is 20.4 Å². The lowest BCUT2D eigenvalue weighted by atomic mass is 10.1. The first-order valence-corrected chi connectivity index (χ1v) is 10.6. The van der Waals surface area contributed by atoms with Crippen LogP contribution in [0.4, 0.5) is 0 Å². The monoisotopic (exact) mass is 408 g/mol. The molecule has 148 valence electrons. The molecule has 0 bridgehead atoms. The molecule has 1 fully saturated rings. The van der Waals surface area contributed by atoms with Crippen molar-refractivity contribution >= 4 is 11.8 Å². The quantitative estimate of drug-likeness (QED) is 0.413. The highest BCUT2D eigenvalue weighted by Crippen LogP contribution is 2.40. The van der Waals surface area contributed by atoms with E-state index in [4.69, 9.17) is 8.94 Å². The Labute approximate surface area is 171 Å². The van der Waals surface area contributed by atoms with E-state index in [-0.39, 0.29) is 0 Å². The number of benzene rings is 1. The third-order valence-electron chi connectivity index (χ3n) is 4.92. The van der Waals surface area contributed by atoms with Gasteiger partial charge in [0.25, 0.3) is 5.89 Å². The molecule has 0 unspecified atom stereocenters. The van der Waals surface area contributed by atoms with Crippen LogP contribution in [-0.2, 0) is 12.3 Å². The summed E-state index contributed by atoms with van der Waals surface area (Å²) in [6.07, 6.45) is 2.41. The first-order valence-electron chi connectivity index (χ1n) is 9.65. The lowest BCUT2D eigenvalue weighted by molar-refractivity contribution is 0.399. The maximum atomic E-state index is 5.93. The maximum Gasteiger partial charge on any atom is 0.253 e. The van der Waals surface area contributed by atoms with Gasteiger partial charge in [-0.05, 0) is 26.7 Å². The van der Waals surface area contributed by atoms with Gasteiger partial charge in [-0.1, -0.05) is 47.3 Å². The minimum atomic E-state index is 0.411. The van der Waals surface area contributed by atoms with Crippen molar-refractivity contribution in [3.63, 3.8) is 0 Å². The Morgan fingerprint density at radius 1 is 1.10 bits per heavy atom. The van der Waals surface area contributed by atoms with Gasteiger partial charge >= 0.3 is 0 Å². The van der Waals surface area contributed by atoms with E-state index in [0.29, 0.717) is 34.9 Å². The minimum Gasteiger partial charge on any atom is -0.420 e. The molecule has 0 radical (unpaired) electrons. The second-order valence-electron chi connectivity index (χ2n) is 6.98. The first-order chi connectivity index (χ1) is 14.2. The van der Waals surface area contributed by atoms with Crippen LogP contribution in [0.3, 0.4) is 0 Å². The highest BCUT2D eigenvalue weighted by atomic mass is 32.2. The van der Waals surface area contributed by atoms with Gasteiger partial charge in [-0.2, -0.15) is 0 Å². The van der Waals surface area contributed by atoms with Crippen molar-refractivity contribution in [1.29, 1.82) is 0 Å². The molecule has 0 atom stereocenters. The number of thioether (sulfide) groups is 1. The number of nitrogens with zero attached hydrogens (tertiary/aromatic N) is 6. The van der Waals surface area contributed by atoms with E-state index in [0.717, 1.165) is 28.7 Å². The predicted octanol–water partition coefficient (Wildman–Crippen LogP) is 4.48. The Morgan fingerprint density at radius 3 is 2.69 bits per heavy atom. The van der Waals surface area contributed by atoms with Crippen molar-refractivity contribution in [1.82, 2.24) is 30.1 Å². The number of hydrogen-bond donors (Lipinski definition) is 0. The van der Waals surface area contributed by atoms with E-state index in [1.54, 1.807) is 11.8 Å². The number of aromatic nitrogens is 6. The largest absolute Gasteiger partial charge is 0.420 e. The minimum absolute atomic E-state index is 0.411. The van der Waals surface area contributed by atoms with Crippen molar-refractivity contribution in [3.05, 3.63) is 47.8 Å². The SMILES string of the molecule is CCn1c(SCc2nnc(-c3c(-c4ccccc4)noc3C)o2)nnc1C1CC1. The second kappa shape index (κ2) is 7.47. The number of aryl methyl sites for hydroxylation is 1. The molecule has 9 heteroatoms. The molecule has 1 saturated carbocycles. The van der Waals surface area contributed by atoms with Crippen LogP contribution >= 0.6 is 11.8 Å². The van der Waals surface area contributed by atoms with Crippen molar-refractivity contribution in [2.45, 2.75) is 50.1 Å². The summed E-state index contributed by atoms with van der Waals surface area (Å²) in [5.74, 6) is 3.78. The second-order valence-corrected chi connectivity index (χ2v) is 7.92. The molecule has 8 nitrogen and oxygen atoms in total. The van der Waals surface area contributed by atoms with Crippen LogP contribution in [0.1, 0.15) is 43.2 Å². The summed E-state index contributed by atoms with van der Waals surface area (Å²) >= 11 is 1.56. The fraction of sp³-hybridized carbons (Fsp3) is 0.350. The van der Waals surface area contributed by atoms with Crippen LogP contribution < -0.4 is 0 Å². The fourth-order valence-electron chi connectivity index (χ4n) is 3.30. The third-order valence-corrected chi connectivity index (χ3v) is 5.87. The predicted molar refractivity (Wildman–Crippen MR) is 107 cm³/mol. The molecule has 29 heavy (non-hydrogen) atoms. The molecule has 0 amide bonds. The van der Waals surface area contributed by atoms with Crippen LogP contribution in [0.15, 0.2) is 44.4 Å². The third kappa shape index (κ3) is 3.46. The van der Waals surface area contributed by atoms with Gasteiger partial charge < -0.3 is 13.5 Å². The summed E-state index contributed by atoms with van der Waals surface area (Å²) in [6.45, 7) is 4.82. The first kappa shape index (κ1) is 18.1. The summed E-state index contributed by atoms with van der Waals surface area (Å²) in [4.78, 5) is 0. The Balaban J connectivity index is 1.37. The summed E-state index contributed by atoms with van der Waals surface area (Å²) in [5.41, 5.74) is 2.37. The molecule has 0 saturated heterocycles. The Bertz CT molecular complexity index is 1130. The van der Waals surface area contributed by atoms with E-state index in [2.05, 4.69) is 37.0 Å². The Kier molecular flexibility index (Phi) is 4.67. The average Bonchev–Trinajstić information content (AvgIpc) is 3.17. The van der Waals surface area contributed by atoms with E-state index >= 15 is 0 Å². The maximum absolute atomic E-state index is 5.93. The normalized spacial score (nSPS) is 13.9. The van der Waals surface area contributed by atoms with Gasteiger partial charge in [-0.3, -0.25) is 0 Å². The molecule has 1 aliphatic rings. The van der Waals surface area contributed by atoms with Crippen LogP contribution in [0, 0.1) is 6.92 Å². The molecule has 1 aliphatic carbocycles. The van der Waals surface area contributed by atoms with E-state index in [1.807, 2.05) is 37.3 Å². The van der Waals surface area contributed by atoms with Crippen molar-refractivity contribution in [3.8, 4) is 22.7 Å². The Hall–Kier alpha value is -2.94. The molecule has 1 aromatic carbocycles. The van der Waals surface area contributed by atoms with Gasteiger partial charge in [0.05, 0.1) is 5.75 Å². The van der Waals surface area contributed by atoms with E-state index in [1.165, 1.54) is 12.8 Å². The Morgan fingerprint density at radius 2 is 1.93 bits per heavy atom. The topological polar surface area (TPSA) is 95.7 Å². The van der Waals surface area contributed by atoms with Crippen molar-refractivity contribution < 1.29 is 8.94 Å². The summed E-state index contributed by atoms with van der Waals surface area (Å²) < 4.78 is 13.5. The molecule has 5 rings (SSSR count). The lowest BCUT2D eigenvalue weighted by Crippen LogP contribution is -2.02. The molecule has 0 N–H and O–H groups in total. The van der Waals surface area contributed by atoms with Gasteiger partial charge in [0, 0.05) is 18.0 Å². The zero-order valence-corrected chi connectivity index (χ0v) is 17.0. The fourth-order valence-corrected chi connectivity index (χ4v) is 4.15. The zero-order valence-electron chi connectivity index (χ0n) is 16.2. The van der Waals surface area contributed by atoms with Gasteiger partial charge in [0.1, 0.15) is 22.8 Å². The van der Waals surface area contributed by atoms with Crippen molar-refractivity contribution in [2.75, 3.05) is 0 Å². The van der Waals surface area contributed by atoms with Crippen LogP contribution in [0.25, 0.3) is 22.7 Å². The standard InChI is InChI=1S/C20H20N6O2S/c1-3-26-18(14-9-10-14)22-24-20(26)29-11-15-21-23-19(27-15)16-12(2)28-25-17(16)13-7-5-4-6-8-13/h4-8,14H,3,9-11H2,1-2H3. The highest BCUT2D eigenvalue weighted by Gasteiger charge is 2.30. The van der Waals surface area contributed by atoms with E-state index in [9.17, 15) is 0 Å². The van der Waals surface area contributed by atoms with Gasteiger partial charge in [-0.25, -0.2) is 0 Å². The zero-order chi connectivity index (χ0) is 19.8. The molecular formula is C20H20N6O2S.